The zero-order valence-corrected chi connectivity index (χ0v) is 15.0. The predicted molar refractivity (Wildman–Crippen MR) is 102 cm³/mol. The van der Waals surface area contributed by atoms with Crippen LogP contribution in [-0.2, 0) is 14.4 Å². The number of benzene rings is 2. The summed E-state index contributed by atoms with van der Waals surface area (Å²) >= 11 is 0. The number of carbonyl (C=O) groups is 3. The van der Waals surface area contributed by atoms with E-state index in [0.717, 1.165) is 0 Å². The third kappa shape index (κ3) is 6.79. The molecule has 0 aliphatic rings. The van der Waals surface area contributed by atoms with Crippen LogP contribution in [-0.4, -0.2) is 42.3 Å². The van der Waals surface area contributed by atoms with Crippen molar-refractivity contribution in [1.82, 2.24) is 5.43 Å². The minimum Gasteiger partial charge on any atom is -0.494 e. The Morgan fingerprint density at radius 1 is 0.964 bits per heavy atom. The van der Waals surface area contributed by atoms with E-state index in [1.165, 1.54) is 6.21 Å². The highest BCUT2D eigenvalue weighted by atomic mass is 16.5. The maximum atomic E-state index is 11.8. The molecule has 0 heterocycles. The van der Waals surface area contributed by atoms with Crippen LogP contribution < -0.4 is 20.2 Å². The Bertz CT molecular complexity index is 847. The molecule has 28 heavy (non-hydrogen) atoms. The first-order valence-corrected chi connectivity index (χ1v) is 8.30. The molecule has 0 fully saturated rings. The smallest absolute Gasteiger partial charge is 0.341 e. The number of nitrogens with zero attached hydrogens (tertiary/aromatic N) is 1. The molecule has 0 saturated heterocycles. The Morgan fingerprint density at radius 2 is 1.57 bits per heavy atom. The van der Waals surface area contributed by atoms with Crippen LogP contribution in [0.2, 0.25) is 0 Å². The Morgan fingerprint density at radius 3 is 2.18 bits per heavy atom. The van der Waals surface area contributed by atoms with Crippen molar-refractivity contribution in [1.29, 1.82) is 0 Å². The molecular weight excluding hydrogens is 366 g/mol. The molecule has 0 aliphatic heterocycles. The van der Waals surface area contributed by atoms with E-state index in [1.54, 1.807) is 48.5 Å². The van der Waals surface area contributed by atoms with E-state index in [2.05, 4.69) is 15.8 Å². The van der Waals surface area contributed by atoms with E-state index in [4.69, 9.17) is 14.6 Å². The van der Waals surface area contributed by atoms with Gasteiger partial charge in [-0.15, -0.1) is 0 Å². The Hall–Kier alpha value is -3.88. The van der Waals surface area contributed by atoms with Crippen LogP contribution in [0.5, 0.6) is 11.5 Å². The topological polar surface area (TPSA) is 126 Å². The van der Waals surface area contributed by atoms with Crippen LogP contribution in [0.15, 0.2) is 53.6 Å². The summed E-state index contributed by atoms with van der Waals surface area (Å²) in [5.74, 6) is -1.81. The van der Waals surface area contributed by atoms with Crippen LogP contribution >= 0.6 is 0 Å². The molecule has 0 atom stereocenters. The lowest BCUT2D eigenvalue weighted by Crippen LogP contribution is -2.32. The Labute approximate surface area is 161 Å². The minimum absolute atomic E-state index is 0.387. The number of carbonyl (C=O) groups excluding carboxylic acids is 2. The highest BCUT2D eigenvalue weighted by molar-refractivity contribution is 6.39. The third-order valence-electron chi connectivity index (χ3n) is 3.25. The van der Waals surface area contributed by atoms with Gasteiger partial charge in [-0.2, -0.15) is 5.10 Å². The number of hydrogen-bond donors (Lipinski definition) is 3. The van der Waals surface area contributed by atoms with Crippen molar-refractivity contribution in [2.75, 3.05) is 18.5 Å². The van der Waals surface area contributed by atoms with Crippen LogP contribution in [0.1, 0.15) is 12.5 Å². The summed E-state index contributed by atoms with van der Waals surface area (Å²) < 4.78 is 10.3. The van der Waals surface area contributed by atoms with Gasteiger partial charge in [0.1, 0.15) is 11.5 Å². The number of hydrogen-bond acceptors (Lipinski definition) is 6. The largest absolute Gasteiger partial charge is 0.494 e. The van der Waals surface area contributed by atoms with E-state index < -0.39 is 24.4 Å². The number of hydrazone groups is 1. The van der Waals surface area contributed by atoms with Gasteiger partial charge in [-0.1, -0.05) is 0 Å². The van der Waals surface area contributed by atoms with Crippen molar-refractivity contribution in [2.24, 2.45) is 5.10 Å². The molecule has 2 amide bonds. The first-order chi connectivity index (χ1) is 13.5. The number of carboxylic acids is 1. The summed E-state index contributed by atoms with van der Waals surface area (Å²) in [6, 6.07) is 13.0. The molecule has 0 unspecified atom stereocenters. The fourth-order valence-corrected chi connectivity index (χ4v) is 2.00. The van der Waals surface area contributed by atoms with E-state index in [1.807, 2.05) is 6.92 Å². The second-order valence-corrected chi connectivity index (χ2v) is 5.36. The van der Waals surface area contributed by atoms with Gasteiger partial charge in [0.25, 0.3) is 0 Å². The minimum atomic E-state index is -1.07. The van der Waals surface area contributed by atoms with Gasteiger partial charge in [-0.25, -0.2) is 10.2 Å². The summed E-state index contributed by atoms with van der Waals surface area (Å²) in [5, 5.41) is 14.7. The number of rotatable bonds is 8. The summed E-state index contributed by atoms with van der Waals surface area (Å²) in [7, 11) is 0. The molecule has 0 aromatic heterocycles. The monoisotopic (exact) mass is 385 g/mol. The van der Waals surface area contributed by atoms with Crippen LogP contribution in [0.25, 0.3) is 0 Å². The molecule has 9 heteroatoms. The fourth-order valence-electron chi connectivity index (χ4n) is 2.00. The molecule has 0 saturated carbocycles. The number of nitrogens with one attached hydrogen (secondary N) is 2. The molecule has 0 spiro atoms. The quantitative estimate of drug-likeness (QED) is 0.360. The van der Waals surface area contributed by atoms with E-state index in [-0.39, 0.29) is 0 Å². The maximum absolute atomic E-state index is 11.8. The van der Waals surface area contributed by atoms with Gasteiger partial charge in [-0.3, -0.25) is 9.59 Å². The standard InChI is InChI=1S/C19H19N3O6/c1-2-27-15-9-5-14(6-10-15)21-18(25)19(26)22-20-11-13-3-7-16(8-4-13)28-12-17(23)24/h3-11H,2,12H2,1H3,(H,21,25)(H,22,26)(H,23,24)/b20-11-. The van der Waals surface area contributed by atoms with E-state index >= 15 is 0 Å². The van der Waals surface area contributed by atoms with Crippen molar-refractivity contribution in [3.05, 3.63) is 54.1 Å². The second kappa shape index (κ2) is 10.3. The number of aliphatic carboxylic acids is 1. The molecule has 0 radical (unpaired) electrons. The number of anilines is 1. The van der Waals surface area contributed by atoms with Crippen molar-refractivity contribution >= 4 is 29.7 Å². The Kier molecular flexibility index (Phi) is 7.53. The van der Waals surface area contributed by atoms with Gasteiger partial charge in [0.2, 0.25) is 0 Å². The van der Waals surface area contributed by atoms with Gasteiger partial charge < -0.3 is 19.9 Å². The normalized spacial score (nSPS) is 10.3. The summed E-state index contributed by atoms with van der Waals surface area (Å²) in [5.41, 5.74) is 3.19. The fraction of sp³-hybridized carbons (Fsp3) is 0.158. The second-order valence-electron chi connectivity index (χ2n) is 5.36. The van der Waals surface area contributed by atoms with E-state index in [0.29, 0.717) is 29.4 Å². The molecule has 2 rings (SSSR count). The van der Waals surface area contributed by atoms with Gasteiger partial charge in [0.05, 0.1) is 12.8 Å². The van der Waals surface area contributed by atoms with Gasteiger partial charge in [0.15, 0.2) is 6.61 Å². The molecule has 3 N–H and O–H groups in total. The molecule has 2 aromatic rings. The lowest BCUT2D eigenvalue weighted by molar-refractivity contribution is -0.139. The summed E-state index contributed by atoms with van der Waals surface area (Å²) in [6.07, 6.45) is 1.34. The average molecular weight is 385 g/mol. The molecule has 2 aromatic carbocycles. The third-order valence-corrected chi connectivity index (χ3v) is 3.25. The van der Waals surface area contributed by atoms with Crippen LogP contribution in [0.4, 0.5) is 5.69 Å². The van der Waals surface area contributed by atoms with Crippen molar-refractivity contribution < 1.29 is 29.0 Å². The molecule has 0 bridgehead atoms. The van der Waals surface area contributed by atoms with Gasteiger partial charge >= 0.3 is 17.8 Å². The first-order valence-electron chi connectivity index (χ1n) is 8.30. The van der Waals surface area contributed by atoms with Crippen LogP contribution in [0, 0.1) is 0 Å². The van der Waals surface area contributed by atoms with Crippen LogP contribution in [0.3, 0.4) is 0 Å². The zero-order valence-electron chi connectivity index (χ0n) is 15.0. The van der Waals surface area contributed by atoms with Gasteiger partial charge in [0, 0.05) is 5.69 Å². The molecule has 9 nitrogen and oxygen atoms in total. The lowest BCUT2D eigenvalue weighted by atomic mass is 10.2. The highest BCUT2D eigenvalue weighted by Crippen LogP contribution is 2.15. The predicted octanol–water partition coefficient (Wildman–Crippen LogP) is 1.64. The average Bonchev–Trinajstić information content (AvgIpc) is 2.69. The molecule has 146 valence electrons. The first kappa shape index (κ1) is 20.4. The van der Waals surface area contributed by atoms with Gasteiger partial charge in [-0.05, 0) is 61.0 Å². The summed E-state index contributed by atoms with van der Waals surface area (Å²) in [4.78, 5) is 34.0. The van der Waals surface area contributed by atoms with Crippen molar-refractivity contribution in [3.8, 4) is 11.5 Å². The van der Waals surface area contributed by atoms with Crippen molar-refractivity contribution in [2.45, 2.75) is 6.92 Å². The van der Waals surface area contributed by atoms with Crippen molar-refractivity contribution in [3.63, 3.8) is 0 Å². The Balaban J connectivity index is 1.81. The zero-order chi connectivity index (χ0) is 20.4. The maximum Gasteiger partial charge on any atom is 0.341 e. The molecule has 0 aliphatic carbocycles. The number of amides is 2. The van der Waals surface area contributed by atoms with E-state index in [9.17, 15) is 14.4 Å². The highest BCUT2D eigenvalue weighted by Gasteiger charge is 2.12. The number of ether oxygens (including phenoxy) is 2. The SMILES string of the molecule is CCOc1ccc(NC(=O)C(=O)N/N=C\c2ccc(OCC(=O)O)cc2)cc1. The lowest BCUT2D eigenvalue weighted by Gasteiger charge is -2.06. The summed E-state index contributed by atoms with van der Waals surface area (Å²) in [6.45, 7) is 1.96. The molecular formula is C19H19N3O6. The number of carboxylic acid groups (broad SMARTS) is 1.